The minimum absolute atomic E-state index is 0.280. The van der Waals surface area contributed by atoms with E-state index in [0.29, 0.717) is 6.04 Å². The second-order valence-corrected chi connectivity index (χ2v) is 5.25. The highest BCUT2D eigenvalue weighted by Crippen LogP contribution is 2.29. The Kier molecular flexibility index (Phi) is 3.26. The number of nitrogens with zero attached hydrogens (tertiary/aromatic N) is 1. The zero-order chi connectivity index (χ0) is 13.2. The number of benzene rings is 2. The van der Waals surface area contributed by atoms with Gasteiger partial charge in [-0.25, -0.2) is 0 Å². The molecule has 0 amide bonds. The molecule has 96 valence electrons. The predicted molar refractivity (Wildman–Crippen MR) is 79.8 cm³/mol. The van der Waals surface area contributed by atoms with E-state index in [1.165, 1.54) is 5.56 Å². The molecule has 0 saturated carbocycles. The van der Waals surface area contributed by atoms with Crippen molar-refractivity contribution in [2.24, 2.45) is 5.10 Å². The van der Waals surface area contributed by atoms with E-state index in [-0.39, 0.29) is 5.92 Å². The van der Waals surface area contributed by atoms with Crippen LogP contribution in [-0.4, -0.2) is 11.8 Å². The maximum atomic E-state index is 5.94. The van der Waals surface area contributed by atoms with Gasteiger partial charge in [0, 0.05) is 5.02 Å². The third kappa shape index (κ3) is 2.36. The van der Waals surface area contributed by atoms with E-state index >= 15 is 0 Å². The summed E-state index contributed by atoms with van der Waals surface area (Å²) < 4.78 is 0. The van der Waals surface area contributed by atoms with Crippen molar-refractivity contribution >= 4 is 17.3 Å². The maximum Gasteiger partial charge on any atom is 0.0771 e. The van der Waals surface area contributed by atoms with Crippen LogP contribution in [0.4, 0.5) is 0 Å². The smallest absolute Gasteiger partial charge is 0.0771 e. The molecule has 0 aromatic heterocycles. The highest BCUT2D eigenvalue weighted by Gasteiger charge is 2.30. The number of hydrogen-bond donors (Lipinski definition) is 1. The average molecular weight is 271 g/mol. The molecule has 2 nitrogen and oxygen atoms in total. The lowest BCUT2D eigenvalue weighted by Crippen LogP contribution is -2.24. The first-order valence-corrected chi connectivity index (χ1v) is 6.77. The molecule has 1 N–H and O–H groups in total. The van der Waals surface area contributed by atoms with Crippen LogP contribution in [0.3, 0.4) is 0 Å². The molecule has 0 spiro atoms. The number of rotatable bonds is 2. The molecule has 3 rings (SSSR count). The molecule has 0 bridgehead atoms. The fraction of sp³-hybridized carbons (Fsp3) is 0.188. The molecule has 0 radical (unpaired) electrons. The van der Waals surface area contributed by atoms with Crippen LogP contribution in [-0.2, 0) is 0 Å². The molecule has 2 aromatic rings. The summed E-state index contributed by atoms with van der Waals surface area (Å²) >= 11 is 5.94. The van der Waals surface area contributed by atoms with Crippen molar-refractivity contribution in [3.8, 4) is 0 Å². The fourth-order valence-corrected chi connectivity index (χ4v) is 2.65. The Hall–Kier alpha value is -1.80. The molecule has 2 aromatic carbocycles. The molecular weight excluding hydrogens is 256 g/mol. The molecule has 0 fully saturated rings. The van der Waals surface area contributed by atoms with Gasteiger partial charge in [0.05, 0.1) is 17.7 Å². The van der Waals surface area contributed by atoms with Crippen molar-refractivity contribution in [2.75, 3.05) is 0 Å². The first kappa shape index (κ1) is 12.2. The first-order chi connectivity index (χ1) is 9.25. The summed E-state index contributed by atoms with van der Waals surface area (Å²) in [4.78, 5) is 0. The van der Waals surface area contributed by atoms with E-state index in [0.717, 1.165) is 16.3 Å². The summed E-state index contributed by atoms with van der Waals surface area (Å²) in [6.45, 7) is 2.16. The van der Waals surface area contributed by atoms with E-state index < -0.39 is 0 Å². The van der Waals surface area contributed by atoms with E-state index in [1.54, 1.807) is 0 Å². The molecule has 0 saturated heterocycles. The van der Waals surface area contributed by atoms with Crippen molar-refractivity contribution in [1.29, 1.82) is 0 Å². The SMILES string of the molecule is CC1NN=C(c2ccc(Cl)cc2)C1c1ccccc1. The Labute approximate surface area is 118 Å². The van der Waals surface area contributed by atoms with Gasteiger partial charge in [0.25, 0.3) is 0 Å². The van der Waals surface area contributed by atoms with E-state index in [4.69, 9.17) is 11.6 Å². The first-order valence-electron chi connectivity index (χ1n) is 6.39. The summed E-state index contributed by atoms with van der Waals surface area (Å²) in [5.74, 6) is 0.280. The lowest BCUT2D eigenvalue weighted by molar-refractivity contribution is 0.589. The van der Waals surface area contributed by atoms with Crippen LogP contribution in [0, 0.1) is 0 Å². The Morgan fingerprint density at radius 1 is 1.00 bits per heavy atom. The Morgan fingerprint density at radius 3 is 2.37 bits per heavy atom. The molecule has 2 unspecified atom stereocenters. The summed E-state index contributed by atoms with van der Waals surface area (Å²) in [6.07, 6.45) is 0. The minimum Gasteiger partial charge on any atom is -0.306 e. The standard InChI is InChI=1S/C16H15ClN2/c1-11-15(12-5-3-2-4-6-12)16(19-18-11)13-7-9-14(17)10-8-13/h2-11,15,18H,1H3. The van der Waals surface area contributed by atoms with Crippen LogP contribution in [0.5, 0.6) is 0 Å². The summed E-state index contributed by atoms with van der Waals surface area (Å²) in [7, 11) is 0. The van der Waals surface area contributed by atoms with Gasteiger partial charge in [-0.15, -0.1) is 0 Å². The molecule has 19 heavy (non-hydrogen) atoms. The minimum atomic E-state index is 0.280. The topological polar surface area (TPSA) is 24.4 Å². The van der Waals surface area contributed by atoms with Gasteiger partial charge in [-0.05, 0) is 30.2 Å². The zero-order valence-electron chi connectivity index (χ0n) is 10.7. The monoisotopic (exact) mass is 270 g/mol. The third-order valence-electron chi connectivity index (χ3n) is 3.48. The van der Waals surface area contributed by atoms with E-state index in [9.17, 15) is 0 Å². The van der Waals surface area contributed by atoms with Crippen molar-refractivity contribution < 1.29 is 0 Å². The van der Waals surface area contributed by atoms with Crippen LogP contribution in [0.1, 0.15) is 24.0 Å². The van der Waals surface area contributed by atoms with Gasteiger partial charge >= 0.3 is 0 Å². The quantitative estimate of drug-likeness (QED) is 0.881. The molecule has 2 atom stereocenters. The summed E-state index contributed by atoms with van der Waals surface area (Å²) in [5.41, 5.74) is 6.67. The predicted octanol–water partition coefficient (Wildman–Crippen LogP) is 3.82. The number of halogens is 1. The van der Waals surface area contributed by atoms with Crippen LogP contribution in [0.25, 0.3) is 0 Å². The van der Waals surface area contributed by atoms with Gasteiger partial charge in [-0.3, -0.25) is 0 Å². The van der Waals surface area contributed by atoms with Crippen molar-refractivity contribution in [2.45, 2.75) is 18.9 Å². The van der Waals surface area contributed by atoms with Crippen LogP contribution < -0.4 is 5.43 Å². The van der Waals surface area contributed by atoms with Crippen molar-refractivity contribution in [3.05, 3.63) is 70.7 Å². The Bertz CT molecular complexity index is 590. The van der Waals surface area contributed by atoms with Gasteiger partial charge in [-0.2, -0.15) is 5.10 Å². The molecule has 1 aliphatic heterocycles. The largest absolute Gasteiger partial charge is 0.306 e. The van der Waals surface area contributed by atoms with Gasteiger partial charge < -0.3 is 5.43 Å². The Balaban J connectivity index is 1.99. The van der Waals surface area contributed by atoms with E-state index in [2.05, 4.69) is 41.7 Å². The number of nitrogens with one attached hydrogen (secondary N) is 1. The normalized spacial score (nSPS) is 21.9. The second kappa shape index (κ2) is 5.06. The number of hydrazone groups is 1. The van der Waals surface area contributed by atoms with Crippen molar-refractivity contribution in [3.63, 3.8) is 0 Å². The molecule has 1 aliphatic rings. The highest BCUT2D eigenvalue weighted by atomic mass is 35.5. The second-order valence-electron chi connectivity index (χ2n) is 4.81. The highest BCUT2D eigenvalue weighted by molar-refractivity contribution is 6.30. The third-order valence-corrected chi connectivity index (χ3v) is 3.73. The molecular formula is C16H15ClN2. The average Bonchev–Trinajstić information content (AvgIpc) is 2.82. The molecule has 0 aliphatic carbocycles. The molecule has 1 heterocycles. The Morgan fingerprint density at radius 2 is 1.68 bits per heavy atom. The van der Waals surface area contributed by atoms with Gasteiger partial charge in [0.15, 0.2) is 0 Å². The van der Waals surface area contributed by atoms with Gasteiger partial charge in [0.2, 0.25) is 0 Å². The zero-order valence-corrected chi connectivity index (χ0v) is 11.4. The van der Waals surface area contributed by atoms with Crippen LogP contribution in [0.2, 0.25) is 5.02 Å². The summed E-state index contributed by atoms with van der Waals surface area (Å²) in [6, 6.07) is 18.6. The van der Waals surface area contributed by atoms with Crippen molar-refractivity contribution in [1.82, 2.24) is 5.43 Å². The fourth-order valence-electron chi connectivity index (χ4n) is 2.52. The van der Waals surface area contributed by atoms with Crippen LogP contribution in [0.15, 0.2) is 59.7 Å². The van der Waals surface area contributed by atoms with Gasteiger partial charge in [-0.1, -0.05) is 54.1 Å². The maximum absolute atomic E-state index is 5.94. The van der Waals surface area contributed by atoms with Crippen LogP contribution >= 0.6 is 11.6 Å². The lowest BCUT2D eigenvalue weighted by Gasteiger charge is -2.17. The summed E-state index contributed by atoms with van der Waals surface area (Å²) in [5, 5.41) is 5.25. The number of hydrogen-bond acceptors (Lipinski definition) is 2. The van der Waals surface area contributed by atoms with E-state index in [1.807, 2.05) is 30.3 Å². The van der Waals surface area contributed by atoms with Gasteiger partial charge in [0.1, 0.15) is 0 Å². The molecule has 3 heteroatoms. The lowest BCUT2D eigenvalue weighted by atomic mass is 9.86.